The number of H-pyrrole nitrogens is 1. The first-order chi connectivity index (χ1) is 19.8. The molecule has 1 saturated carbocycles. The summed E-state index contributed by atoms with van der Waals surface area (Å²) >= 11 is 0. The quantitative estimate of drug-likeness (QED) is 0.313. The fourth-order valence-corrected chi connectivity index (χ4v) is 4.97. The number of nitrogens with zero attached hydrogens (tertiary/aromatic N) is 5. The maximum Gasteiger partial charge on any atom is 0.333 e. The van der Waals surface area contributed by atoms with Gasteiger partial charge in [0.25, 0.3) is 11.5 Å². The highest BCUT2D eigenvalue weighted by molar-refractivity contribution is 6.05. The Hall–Kier alpha value is -4.86. The third kappa shape index (κ3) is 5.32. The van der Waals surface area contributed by atoms with E-state index >= 15 is 0 Å². The molecule has 1 aliphatic carbocycles. The van der Waals surface area contributed by atoms with Gasteiger partial charge in [0.15, 0.2) is 5.65 Å². The summed E-state index contributed by atoms with van der Waals surface area (Å²) < 4.78 is 17.0. The number of hydrogen-bond acceptors (Lipinski definition) is 5. The van der Waals surface area contributed by atoms with Gasteiger partial charge < -0.3 is 9.88 Å². The Bertz CT molecular complexity index is 1890. The molecule has 2 aromatic carbocycles. The highest BCUT2D eigenvalue weighted by Crippen LogP contribution is 2.30. The van der Waals surface area contributed by atoms with Crippen LogP contribution >= 0.6 is 0 Å². The molecule has 1 fully saturated rings. The molecule has 5 aromatic rings. The molecule has 0 unspecified atom stereocenters. The van der Waals surface area contributed by atoms with Gasteiger partial charge in [-0.1, -0.05) is 30.3 Å². The zero-order chi connectivity index (χ0) is 28.7. The van der Waals surface area contributed by atoms with E-state index in [0.29, 0.717) is 35.9 Å². The number of halogens is 1. The van der Waals surface area contributed by atoms with Crippen LogP contribution in [0.3, 0.4) is 0 Å². The smallest absolute Gasteiger partial charge is 0.333 e. The number of nitrogens with one attached hydrogen (secondary N) is 1. The normalized spacial score (nSPS) is 13.0. The molecule has 6 rings (SSSR count). The molecule has 0 radical (unpaired) electrons. The van der Waals surface area contributed by atoms with Gasteiger partial charge in [0.05, 0.1) is 12.1 Å². The van der Waals surface area contributed by atoms with Crippen LogP contribution in [0, 0.1) is 18.7 Å². The van der Waals surface area contributed by atoms with Crippen LogP contribution in [0.1, 0.15) is 45.7 Å². The average Bonchev–Trinajstić information content (AvgIpc) is 3.70. The van der Waals surface area contributed by atoms with Crippen LogP contribution in [0.5, 0.6) is 0 Å². The number of pyridine rings is 1. The Kier molecular flexibility index (Phi) is 6.82. The molecule has 10 heteroatoms. The van der Waals surface area contributed by atoms with E-state index in [9.17, 15) is 18.8 Å². The van der Waals surface area contributed by atoms with E-state index in [1.54, 1.807) is 53.2 Å². The molecule has 0 spiro atoms. The van der Waals surface area contributed by atoms with Crippen LogP contribution in [-0.4, -0.2) is 37.0 Å². The van der Waals surface area contributed by atoms with E-state index in [1.807, 2.05) is 31.2 Å². The van der Waals surface area contributed by atoms with Crippen LogP contribution in [0.2, 0.25) is 0 Å². The number of aryl methyl sites for hydroxylation is 1. The predicted octanol–water partition coefficient (Wildman–Crippen LogP) is 4.05. The summed E-state index contributed by atoms with van der Waals surface area (Å²) in [5.41, 5.74) is 2.85. The SMILES string of the molecule is Cc1cncc(C(=O)N(C)c2ccc(Cc3nc4c([nH]3)c(=O)n(Cc3ccccc3F)c(=O)n4CC3CC3)cc2)c1. The average molecular weight is 553 g/mol. The highest BCUT2D eigenvalue weighted by atomic mass is 19.1. The molecule has 3 aromatic heterocycles. The van der Waals surface area contributed by atoms with Crippen molar-refractivity contribution in [1.82, 2.24) is 24.1 Å². The Morgan fingerprint density at radius 3 is 2.54 bits per heavy atom. The summed E-state index contributed by atoms with van der Waals surface area (Å²) in [5.74, 6) is 0.266. The minimum Gasteiger partial charge on any atom is -0.336 e. The lowest BCUT2D eigenvalue weighted by Gasteiger charge is -2.17. The largest absolute Gasteiger partial charge is 0.336 e. The van der Waals surface area contributed by atoms with Gasteiger partial charge in [-0.25, -0.2) is 14.2 Å². The first-order valence-corrected chi connectivity index (χ1v) is 13.5. The van der Waals surface area contributed by atoms with E-state index in [2.05, 4.69) is 15.0 Å². The molecule has 208 valence electrons. The van der Waals surface area contributed by atoms with Crippen LogP contribution < -0.4 is 16.1 Å². The fourth-order valence-electron chi connectivity index (χ4n) is 4.97. The van der Waals surface area contributed by atoms with Gasteiger partial charge in [0.2, 0.25) is 0 Å². The van der Waals surface area contributed by atoms with Gasteiger partial charge in [-0.3, -0.25) is 23.7 Å². The lowest BCUT2D eigenvalue weighted by Crippen LogP contribution is -2.40. The Labute approximate surface area is 234 Å². The maximum absolute atomic E-state index is 14.4. The lowest BCUT2D eigenvalue weighted by molar-refractivity contribution is 0.0992. The van der Waals surface area contributed by atoms with Gasteiger partial charge in [-0.05, 0) is 61.1 Å². The summed E-state index contributed by atoms with van der Waals surface area (Å²) in [4.78, 5) is 53.2. The second-order valence-electron chi connectivity index (χ2n) is 10.7. The summed E-state index contributed by atoms with van der Waals surface area (Å²) in [5, 5.41) is 0. The molecule has 0 saturated heterocycles. The van der Waals surface area contributed by atoms with E-state index in [0.717, 1.165) is 34.2 Å². The number of carbonyl (C=O) groups is 1. The number of aromatic nitrogens is 5. The molecule has 1 N–H and O–H groups in total. The van der Waals surface area contributed by atoms with Crippen molar-refractivity contribution >= 4 is 22.8 Å². The standard InChI is InChI=1S/C31H29FN6O3/c1-19-13-23(16-33-15-19)29(39)36(2)24-11-9-20(10-12-24)14-26-34-27-28(35-26)37(17-21-7-8-21)31(41)38(30(27)40)18-22-5-3-4-6-25(22)32/h3-6,9-13,15-16,21H,7-8,14,17-18H2,1-2H3,(H,34,35). The predicted molar refractivity (Wildman–Crippen MR) is 154 cm³/mol. The van der Waals surface area contributed by atoms with Crippen molar-refractivity contribution in [1.29, 1.82) is 0 Å². The van der Waals surface area contributed by atoms with Gasteiger partial charge in [0, 0.05) is 43.7 Å². The Morgan fingerprint density at radius 1 is 1.07 bits per heavy atom. The molecular formula is C31H29FN6O3. The number of hydrogen-bond donors (Lipinski definition) is 1. The lowest BCUT2D eigenvalue weighted by atomic mass is 10.1. The number of carbonyl (C=O) groups excluding carboxylic acids is 1. The summed E-state index contributed by atoms with van der Waals surface area (Å²) in [6.07, 6.45) is 5.67. The van der Waals surface area contributed by atoms with Crippen molar-refractivity contribution in [3.63, 3.8) is 0 Å². The number of rotatable bonds is 8. The van der Waals surface area contributed by atoms with Crippen LogP contribution in [-0.2, 0) is 19.5 Å². The number of aromatic amines is 1. The van der Waals surface area contributed by atoms with Crippen LogP contribution in [0.25, 0.3) is 11.2 Å². The minimum absolute atomic E-state index is 0.161. The fraction of sp³-hybridized carbons (Fsp3) is 0.258. The monoisotopic (exact) mass is 552 g/mol. The van der Waals surface area contributed by atoms with Crippen molar-refractivity contribution < 1.29 is 9.18 Å². The molecule has 1 amide bonds. The number of amides is 1. The van der Waals surface area contributed by atoms with E-state index in [4.69, 9.17) is 0 Å². The maximum atomic E-state index is 14.4. The van der Waals surface area contributed by atoms with E-state index in [-0.39, 0.29) is 23.5 Å². The zero-order valence-electron chi connectivity index (χ0n) is 22.8. The van der Waals surface area contributed by atoms with E-state index in [1.165, 1.54) is 6.07 Å². The first-order valence-electron chi connectivity index (χ1n) is 13.5. The molecule has 0 atom stereocenters. The topological polar surface area (TPSA) is 106 Å². The van der Waals surface area contributed by atoms with Crippen molar-refractivity contribution in [2.45, 2.75) is 39.3 Å². The molecule has 0 bridgehead atoms. The van der Waals surface area contributed by atoms with Crippen molar-refractivity contribution in [2.75, 3.05) is 11.9 Å². The number of imidazole rings is 1. The van der Waals surface area contributed by atoms with Crippen LogP contribution in [0.4, 0.5) is 10.1 Å². The molecule has 41 heavy (non-hydrogen) atoms. The molecular weight excluding hydrogens is 523 g/mol. The van der Waals surface area contributed by atoms with Crippen molar-refractivity contribution in [3.05, 3.63) is 122 Å². The minimum atomic E-state index is -0.528. The molecule has 9 nitrogen and oxygen atoms in total. The third-order valence-electron chi connectivity index (χ3n) is 7.46. The van der Waals surface area contributed by atoms with Gasteiger partial charge in [0.1, 0.15) is 17.2 Å². The Morgan fingerprint density at radius 2 is 1.83 bits per heavy atom. The molecule has 0 aliphatic heterocycles. The van der Waals surface area contributed by atoms with Crippen LogP contribution in [0.15, 0.2) is 76.6 Å². The zero-order valence-corrected chi connectivity index (χ0v) is 22.8. The van der Waals surface area contributed by atoms with Crippen molar-refractivity contribution in [2.24, 2.45) is 5.92 Å². The van der Waals surface area contributed by atoms with Crippen molar-refractivity contribution in [3.8, 4) is 0 Å². The summed E-state index contributed by atoms with van der Waals surface area (Å²) in [7, 11) is 1.71. The summed E-state index contributed by atoms with van der Waals surface area (Å²) in [6.45, 7) is 2.19. The Balaban J connectivity index is 1.29. The number of benzene rings is 2. The van der Waals surface area contributed by atoms with Gasteiger partial charge in [-0.15, -0.1) is 0 Å². The molecule has 3 heterocycles. The van der Waals surface area contributed by atoms with Gasteiger partial charge in [-0.2, -0.15) is 0 Å². The second-order valence-corrected chi connectivity index (χ2v) is 10.7. The number of fused-ring (bicyclic) bond motifs is 1. The molecule has 1 aliphatic rings. The van der Waals surface area contributed by atoms with E-state index < -0.39 is 17.1 Å². The summed E-state index contributed by atoms with van der Waals surface area (Å²) in [6, 6.07) is 15.4. The second kappa shape index (κ2) is 10.6. The van der Waals surface area contributed by atoms with Gasteiger partial charge >= 0.3 is 5.69 Å². The highest BCUT2D eigenvalue weighted by Gasteiger charge is 2.26. The number of anilines is 1. The first kappa shape index (κ1) is 26.4. The third-order valence-corrected chi connectivity index (χ3v) is 7.46.